The zero-order valence-electron chi connectivity index (χ0n) is 12.0. The molecule has 2 unspecified atom stereocenters. The monoisotopic (exact) mass is 298 g/mol. The normalized spacial score (nSPS) is 22.0. The van der Waals surface area contributed by atoms with E-state index < -0.39 is 16.2 Å². The lowest BCUT2D eigenvalue weighted by molar-refractivity contribution is -0.122. The van der Waals surface area contributed by atoms with Crippen LogP contribution in [0.2, 0.25) is 0 Å². The van der Waals surface area contributed by atoms with Crippen LogP contribution in [0, 0.1) is 0 Å². The van der Waals surface area contributed by atoms with Crippen LogP contribution in [0.4, 0.5) is 0 Å². The molecule has 0 bridgehead atoms. The predicted molar refractivity (Wildman–Crippen MR) is 84.8 cm³/mol. The highest BCUT2D eigenvalue weighted by Crippen LogP contribution is 2.38. The van der Waals surface area contributed by atoms with Crippen molar-refractivity contribution in [3.05, 3.63) is 65.7 Å². The summed E-state index contributed by atoms with van der Waals surface area (Å²) < 4.78 is 12.4. The van der Waals surface area contributed by atoms with Gasteiger partial charge in [-0.05, 0) is 36.6 Å². The Hall–Kier alpha value is -1.74. The number of carbonyl (C=O) groups is 1. The minimum absolute atomic E-state index is 0.244. The van der Waals surface area contributed by atoms with Crippen LogP contribution in [-0.4, -0.2) is 15.7 Å². The Kier molecular flexibility index (Phi) is 3.77. The number of ketones is 1. The number of hydrogen-bond donors (Lipinski definition) is 0. The molecule has 3 heteroatoms. The second kappa shape index (κ2) is 5.57. The molecule has 108 valence electrons. The van der Waals surface area contributed by atoms with Gasteiger partial charge in [0, 0.05) is 17.1 Å². The van der Waals surface area contributed by atoms with Gasteiger partial charge in [0.2, 0.25) is 0 Å². The van der Waals surface area contributed by atoms with Crippen molar-refractivity contribution in [2.45, 2.75) is 30.1 Å². The number of Topliss-reactive ketones (excluding diaryl/α,β-unsaturated/α-hetero) is 1. The molecule has 0 heterocycles. The average molecular weight is 298 g/mol. The van der Waals surface area contributed by atoms with Crippen LogP contribution in [0.3, 0.4) is 0 Å². The van der Waals surface area contributed by atoms with E-state index >= 15 is 0 Å². The molecular formula is C18H18O2S. The fourth-order valence-electron chi connectivity index (χ4n) is 2.99. The number of fused-ring (bicyclic) bond motifs is 1. The van der Waals surface area contributed by atoms with Crippen molar-refractivity contribution in [2.75, 3.05) is 5.75 Å². The quantitative estimate of drug-likeness (QED) is 0.868. The molecule has 0 fully saturated rings. The van der Waals surface area contributed by atoms with Crippen LogP contribution in [-0.2, 0) is 27.4 Å². The van der Waals surface area contributed by atoms with Gasteiger partial charge in [-0.1, -0.05) is 42.5 Å². The molecule has 2 nitrogen and oxygen atoms in total. The molecule has 0 aliphatic heterocycles. The summed E-state index contributed by atoms with van der Waals surface area (Å²) in [5, 5.41) is 0. The van der Waals surface area contributed by atoms with E-state index in [1.165, 1.54) is 0 Å². The first-order valence-electron chi connectivity index (χ1n) is 7.16. The summed E-state index contributed by atoms with van der Waals surface area (Å²) in [5.74, 6) is 0.759. The minimum atomic E-state index is -1.05. The molecule has 0 amide bonds. The highest BCUT2D eigenvalue weighted by atomic mass is 32.2. The summed E-state index contributed by atoms with van der Waals surface area (Å²) in [6.07, 6.45) is 1.13. The number of benzene rings is 2. The Morgan fingerprint density at radius 3 is 2.48 bits per heavy atom. The molecule has 0 spiro atoms. The number of carbonyl (C=O) groups excluding carboxylic acids is 1. The van der Waals surface area contributed by atoms with Gasteiger partial charge in [-0.2, -0.15) is 0 Å². The Morgan fingerprint density at radius 1 is 1.05 bits per heavy atom. The van der Waals surface area contributed by atoms with E-state index in [1.807, 2.05) is 61.5 Å². The van der Waals surface area contributed by atoms with E-state index in [0.717, 1.165) is 16.0 Å². The predicted octanol–water partition coefficient (Wildman–Crippen LogP) is 3.27. The van der Waals surface area contributed by atoms with Crippen molar-refractivity contribution < 1.29 is 9.00 Å². The topological polar surface area (TPSA) is 34.1 Å². The van der Waals surface area contributed by atoms with Crippen LogP contribution >= 0.6 is 0 Å². The second-order valence-electron chi connectivity index (χ2n) is 5.70. The summed E-state index contributed by atoms with van der Waals surface area (Å²) in [4.78, 5) is 13.2. The summed E-state index contributed by atoms with van der Waals surface area (Å²) in [6, 6.07) is 17.5. The Morgan fingerprint density at radius 2 is 1.71 bits per heavy atom. The highest BCUT2D eigenvalue weighted by molar-refractivity contribution is 7.85. The standard InChI is InChI=1S/C18H18O2S/c1-18(11-12-21(20)15-8-3-2-4-9-15)16-10-6-5-7-14(16)13-17(18)19/h2-10H,11-13H2,1H3. The lowest BCUT2D eigenvalue weighted by Gasteiger charge is -2.23. The lowest BCUT2D eigenvalue weighted by atomic mass is 9.81. The number of hydrogen-bond acceptors (Lipinski definition) is 2. The largest absolute Gasteiger partial charge is 0.298 e. The van der Waals surface area contributed by atoms with Crippen LogP contribution in [0.1, 0.15) is 24.5 Å². The maximum absolute atomic E-state index is 12.4. The summed E-state index contributed by atoms with van der Waals surface area (Å²) in [7, 11) is -1.05. The molecule has 3 rings (SSSR count). The molecule has 1 aliphatic rings. The molecule has 2 aromatic carbocycles. The van der Waals surface area contributed by atoms with Gasteiger partial charge in [-0.25, -0.2) is 0 Å². The highest BCUT2D eigenvalue weighted by Gasteiger charge is 2.41. The van der Waals surface area contributed by atoms with E-state index in [-0.39, 0.29) is 5.78 Å². The third-order valence-corrected chi connectivity index (χ3v) is 5.74. The summed E-state index contributed by atoms with van der Waals surface area (Å²) in [5.41, 5.74) is 1.75. The minimum Gasteiger partial charge on any atom is -0.298 e. The third kappa shape index (κ3) is 2.58. The smallest absolute Gasteiger partial charge is 0.147 e. The first-order valence-corrected chi connectivity index (χ1v) is 8.48. The lowest BCUT2D eigenvalue weighted by Crippen LogP contribution is -2.30. The summed E-state index contributed by atoms with van der Waals surface area (Å²) in [6.45, 7) is 1.99. The maximum Gasteiger partial charge on any atom is 0.147 e. The van der Waals surface area contributed by atoms with E-state index in [2.05, 4.69) is 0 Å². The van der Waals surface area contributed by atoms with Crippen molar-refractivity contribution in [1.29, 1.82) is 0 Å². The molecule has 0 aromatic heterocycles. The van der Waals surface area contributed by atoms with E-state index in [0.29, 0.717) is 18.6 Å². The third-order valence-electron chi connectivity index (χ3n) is 4.37. The molecule has 0 N–H and O–H groups in total. The molecule has 0 saturated carbocycles. The van der Waals surface area contributed by atoms with Crippen molar-refractivity contribution in [3.63, 3.8) is 0 Å². The zero-order chi connectivity index (χ0) is 14.9. The molecule has 21 heavy (non-hydrogen) atoms. The van der Waals surface area contributed by atoms with Crippen molar-refractivity contribution in [1.82, 2.24) is 0 Å². The fourth-order valence-corrected chi connectivity index (χ4v) is 4.28. The van der Waals surface area contributed by atoms with Gasteiger partial charge < -0.3 is 0 Å². The first kappa shape index (κ1) is 14.2. The second-order valence-corrected chi connectivity index (χ2v) is 7.27. The van der Waals surface area contributed by atoms with Gasteiger partial charge in [-0.15, -0.1) is 0 Å². The van der Waals surface area contributed by atoms with Crippen molar-refractivity contribution in [2.24, 2.45) is 0 Å². The maximum atomic E-state index is 12.4. The summed E-state index contributed by atoms with van der Waals surface area (Å²) >= 11 is 0. The van der Waals surface area contributed by atoms with E-state index in [4.69, 9.17) is 0 Å². The van der Waals surface area contributed by atoms with E-state index in [9.17, 15) is 9.00 Å². The van der Waals surface area contributed by atoms with Crippen LogP contribution in [0.5, 0.6) is 0 Å². The molecule has 2 aromatic rings. The average Bonchev–Trinajstić information content (AvgIpc) is 2.78. The zero-order valence-corrected chi connectivity index (χ0v) is 12.9. The number of rotatable bonds is 4. The fraction of sp³-hybridized carbons (Fsp3) is 0.278. The Labute approximate surface area is 127 Å². The van der Waals surface area contributed by atoms with E-state index in [1.54, 1.807) is 0 Å². The van der Waals surface area contributed by atoms with Gasteiger partial charge in [0.05, 0.1) is 16.2 Å². The molecular weight excluding hydrogens is 280 g/mol. The Balaban J connectivity index is 1.79. The van der Waals surface area contributed by atoms with Gasteiger partial charge in [0.1, 0.15) is 5.78 Å². The molecule has 0 saturated heterocycles. The molecule has 1 aliphatic carbocycles. The molecule has 2 atom stereocenters. The SMILES string of the molecule is CC1(CCS(=O)c2ccccc2)C(=O)Cc2ccccc21. The first-order chi connectivity index (χ1) is 10.1. The van der Waals surface area contributed by atoms with Gasteiger partial charge >= 0.3 is 0 Å². The molecule has 0 radical (unpaired) electrons. The van der Waals surface area contributed by atoms with Gasteiger partial charge in [0.25, 0.3) is 0 Å². The Bertz CT molecular complexity index is 693. The van der Waals surface area contributed by atoms with Crippen LogP contribution < -0.4 is 0 Å². The van der Waals surface area contributed by atoms with Gasteiger partial charge in [-0.3, -0.25) is 9.00 Å². The van der Waals surface area contributed by atoms with Crippen LogP contribution in [0.15, 0.2) is 59.5 Å². The van der Waals surface area contributed by atoms with Crippen molar-refractivity contribution in [3.8, 4) is 0 Å². The van der Waals surface area contributed by atoms with Gasteiger partial charge in [0.15, 0.2) is 0 Å². The van der Waals surface area contributed by atoms with Crippen molar-refractivity contribution >= 4 is 16.6 Å². The van der Waals surface area contributed by atoms with Crippen LogP contribution in [0.25, 0.3) is 0 Å².